The number of anilines is 4. The lowest BCUT2D eigenvalue weighted by molar-refractivity contribution is -0.0295. The molecule has 79 heavy (non-hydrogen) atoms. The first kappa shape index (κ1) is 59.6. The van der Waals surface area contributed by atoms with Crippen LogP contribution in [0.2, 0.25) is 0 Å². The third-order valence-electron chi connectivity index (χ3n) is 9.88. The first-order valence-electron chi connectivity index (χ1n) is 24.3. The molecular weight excluding hydrogens is 1060 g/mol. The van der Waals surface area contributed by atoms with Crippen molar-refractivity contribution in [2.75, 3.05) is 24.4 Å². The van der Waals surface area contributed by atoms with Gasteiger partial charge < -0.3 is 38.5 Å². The molecule has 1 amide bonds. The second kappa shape index (κ2) is 24.8. The normalized spacial score (nSPS) is 11.9. The Balaban J connectivity index is 0.000000214. The Hall–Kier alpha value is -8.64. The zero-order chi connectivity index (χ0) is 58.0. The van der Waals surface area contributed by atoms with Crippen LogP contribution in [0.25, 0.3) is 32.0 Å². The molecule has 7 aromatic rings. The molecule has 4 aromatic carbocycles. The molecule has 0 saturated carbocycles. The predicted molar refractivity (Wildman–Crippen MR) is 298 cm³/mol. The number of aliphatic imine (C=N–C) groups is 1. The second-order valence-electron chi connectivity index (χ2n) is 21.1. The van der Waals surface area contributed by atoms with Crippen molar-refractivity contribution in [3.63, 3.8) is 0 Å². The van der Waals surface area contributed by atoms with E-state index in [2.05, 4.69) is 46.6 Å². The van der Waals surface area contributed by atoms with Crippen molar-refractivity contribution in [3.05, 3.63) is 113 Å². The first-order chi connectivity index (χ1) is 37.0. The fourth-order valence-corrected chi connectivity index (χ4v) is 8.34. The summed E-state index contributed by atoms with van der Waals surface area (Å²) in [6, 6.07) is 25.1. The molecule has 0 bridgehead atoms. The van der Waals surface area contributed by atoms with Gasteiger partial charge in [0.15, 0.2) is 0 Å². The van der Waals surface area contributed by atoms with Crippen molar-refractivity contribution in [3.8, 4) is 21.1 Å². The molecule has 8 rings (SSSR count). The number of benzene rings is 4. The Morgan fingerprint density at radius 2 is 1.16 bits per heavy atom. The molecule has 0 spiro atoms. The highest BCUT2D eigenvalue weighted by atomic mass is 32.1. The van der Waals surface area contributed by atoms with Gasteiger partial charge in [-0.05, 0) is 149 Å². The fourth-order valence-electron chi connectivity index (χ4n) is 6.73. The van der Waals surface area contributed by atoms with E-state index in [4.69, 9.17) is 28.4 Å². The fraction of sp³-hybridized carbons (Fsp3) is 0.345. The average molecular weight is 1120 g/mol. The number of carbonyl (C=O) groups excluding carboxylic acids is 6. The number of ether oxygens (including phenoxy) is 7. The molecule has 0 radical (unpaired) electrons. The molecule has 416 valence electrons. The van der Waals surface area contributed by atoms with Gasteiger partial charge in [-0.1, -0.05) is 53.0 Å². The van der Waals surface area contributed by atoms with Gasteiger partial charge in [-0.3, -0.25) is 4.99 Å². The maximum Gasteiger partial charge on any atom is 0.519 e. The lowest BCUT2D eigenvalue weighted by Gasteiger charge is -2.25. The highest BCUT2D eigenvalue weighted by Crippen LogP contribution is 2.36. The minimum absolute atomic E-state index is 0.251. The number of rotatable bonds is 8. The Morgan fingerprint density at radius 3 is 1.72 bits per heavy atom. The summed E-state index contributed by atoms with van der Waals surface area (Å²) in [5.74, 6) is -0.846. The van der Waals surface area contributed by atoms with Crippen molar-refractivity contribution in [1.29, 1.82) is 0 Å². The van der Waals surface area contributed by atoms with E-state index in [9.17, 15) is 28.8 Å². The molecule has 0 aliphatic carbocycles. The van der Waals surface area contributed by atoms with Gasteiger partial charge in [-0.25, -0.2) is 33.7 Å². The lowest BCUT2D eigenvalue weighted by atomic mass is 10.1. The van der Waals surface area contributed by atoms with Crippen LogP contribution in [0, 0.1) is 0 Å². The quantitative estimate of drug-likeness (QED) is 0.0842. The van der Waals surface area contributed by atoms with E-state index in [1.165, 1.54) is 46.9 Å². The standard InChI is InChI=1S/C27H29N5O6S.C18H14N4O2S.C10H18O5/c1-26(2,3)37-24(34)31(23-30-29-21(39-23)16-9-8-10-17(13-16)22(33)36-7)19-11-12-20-18(14-19)15-28-32(20)25(35)38-27(4,5)6;1-24-17(23)12-4-2-3-11(7-12)16-21-22-18(25-16)20-15-6-5-13-9-19-10-14(13)8-15;1-9(2,3)14-7(11)13-8(12)15-10(4,5)6/h8-15H,1-7H3;2-8,10H,9H2,1H3,(H,20,22);1-6H3. The third-order valence-corrected chi connectivity index (χ3v) is 11.7. The summed E-state index contributed by atoms with van der Waals surface area (Å²) in [6.07, 6.45) is 0.00242. The van der Waals surface area contributed by atoms with Gasteiger partial charge in [-0.15, -0.1) is 20.4 Å². The number of nitrogens with zero attached hydrogens (tertiary/aromatic N) is 8. The number of carbonyl (C=O) groups is 6. The summed E-state index contributed by atoms with van der Waals surface area (Å²) in [6.45, 7) is 21.4. The summed E-state index contributed by atoms with van der Waals surface area (Å²) < 4.78 is 35.6. The molecule has 4 heterocycles. The monoisotopic (exact) mass is 1120 g/mol. The van der Waals surface area contributed by atoms with Crippen LogP contribution >= 0.6 is 22.7 Å². The van der Waals surface area contributed by atoms with Gasteiger partial charge in [0.2, 0.25) is 10.3 Å². The zero-order valence-electron chi connectivity index (χ0n) is 46.1. The van der Waals surface area contributed by atoms with Gasteiger partial charge in [-0.2, -0.15) is 9.78 Å². The van der Waals surface area contributed by atoms with E-state index >= 15 is 0 Å². The van der Waals surface area contributed by atoms with Crippen LogP contribution in [0.5, 0.6) is 0 Å². The number of aromatic nitrogens is 6. The van der Waals surface area contributed by atoms with E-state index in [1.54, 1.807) is 144 Å². The third kappa shape index (κ3) is 17.4. The molecule has 0 saturated heterocycles. The minimum Gasteiger partial charge on any atom is -0.465 e. The van der Waals surface area contributed by atoms with E-state index in [0.717, 1.165) is 39.7 Å². The molecule has 24 heteroatoms. The number of fused-ring (bicyclic) bond motifs is 2. The highest BCUT2D eigenvalue weighted by Gasteiger charge is 2.30. The minimum atomic E-state index is -1.06. The largest absolute Gasteiger partial charge is 0.519 e. The molecule has 1 N–H and O–H groups in total. The van der Waals surface area contributed by atoms with E-state index in [-0.39, 0.29) is 11.1 Å². The molecule has 0 fully saturated rings. The summed E-state index contributed by atoms with van der Waals surface area (Å²) in [5.41, 5.74) is 3.71. The van der Waals surface area contributed by atoms with Crippen LogP contribution in [0.1, 0.15) is 115 Å². The van der Waals surface area contributed by atoms with Crippen LogP contribution in [-0.2, 0) is 39.7 Å². The predicted octanol–water partition coefficient (Wildman–Crippen LogP) is 12.7. The zero-order valence-corrected chi connectivity index (χ0v) is 47.8. The summed E-state index contributed by atoms with van der Waals surface area (Å²) in [7, 11) is 2.67. The van der Waals surface area contributed by atoms with Crippen molar-refractivity contribution in [2.45, 2.75) is 112 Å². The molecule has 0 unspecified atom stereocenters. The van der Waals surface area contributed by atoms with Crippen LogP contribution in [0.4, 0.5) is 40.8 Å². The Labute approximate surface area is 464 Å². The van der Waals surface area contributed by atoms with Gasteiger partial charge in [0.1, 0.15) is 32.4 Å². The van der Waals surface area contributed by atoms with Crippen molar-refractivity contribution in [1.82, 2.24) is 30.2 Å². The van der Waals surface area contributed by atoms with E-state index < -0.39 is 52.9 Å². The number of esters is 2. The number of nitrogens with one attached hydrogen (secondary N) is 1. The van der Waals surface area contributed by atoms with Gasteiger partial charge >= 0.3 is 36.4 Å². The van der Waals surface area contributed by atoms with Crippen LogP contribution in [0.3, 0.4) is 0 Å². The molecular formula is C55H61N9O13S2. The van der Waals surface area contributed by atoms with Gasteiger partial charge in [0, 0.05) is 28.4 Å². The summed E-state index contributed by atoms with van der Waals surface area (Å²) in [4.78, 5) is 77.2. The Kier molecular flexibility index (Phi) is 18.7. The molecule has 22 nitrogen and oxygen atoms in total. The lowest BCUT2D eigenvalue weighted by Crippen LogP contribution is -2.33. The number of methoxy groups -OCH3 is 2. The molecule has 0 atom stereocenters. The topological polar surface area (TPSA) is 264 Å². The van der Waals surface area contributed by atoms with Crippen molar-refractivity contribution in [2.24, 2.45) is 4.99 Å². The Morgan fingerprint density at radius 1 is 0.608 bits per heavy atom. The second-order valence-corrected chi connectivity index (χ2v) is 23.0. The SMILES string of the molecule is CC(C)(C)OC(=O)OC(=O)OC(C)(C)C.COC(=O)c1cccc(-c2nnc(N(C(=O)OC(C)(C)C)c3ccc4c(cnn4C(=O)OC(C)(C)C)c3)s2)c1.COC(=O)c1cccc(-c2nnc(Nc3ccc4c(c3)C=NC4)s2)c1. The average Bonchev–Trinajstić information content (AvgIpc) is 4.25. The highest BCUT2D eigenvalue weighted by molar-refractivity contribution is 7.19. The van der Waals surface area contributed by atoms with Gasteiger partial charge in [0.25, 0.3) is 0 Å². The van der Waals surface area contributed by atoms with Crippen LogP contribution < -0.4 is 10.2 Å². The van der Waals surface area contributed by atoms with Crippen LogP contribution in [0.15, 0.2) is 96.1 Å². The maximum absolute atomic E-state index is 13.4. The maximum atomic E-state index is 13.4. The molecule has 3 aromatic heterocycles. The number of amides is 1. The molecule has 1 aliphatic rings. The van der Waals surface area contributed by atoms with E-state index in [1.807, 2.05) is 24.4 Å². The number of hydrogen-bond acceptors (Lipinski definition) is 22. The number of hydrogen-bond donors (Lipinski definition) is 1. The van der Waals surface area contributed by atoms with Gasteiger partial charge in [0.05, 0.1) is 49.3 Å². The van der Waals surface area contributed by atoms with E-state index in [0.29, 0.717) is 43.4 Å². The smallest absolute Gasteiger partial charge is 0.465 e. The summed E-state index contributed by atoms with van der Waals surface area (Å²) in [5, 5.41) is 27.1. The Bertz CT molecular complexity index is 3370. The first-order valence-corrected chi connectivity index (χ1v) is 25.9. The van der Waals surface area contributed by atoms with Crippen molar-refractivity contribution >= 4 is 97.9 Å². The summed E-state index contributed by atoms with van der Waals surface area (Å²) >= 11 is 2.57. The van der Waals surface area contributed by atoms with Crippen molar-refractivity contribution < 1.29 is 61.9 Å². The van der Waals surface area contributed by atoms with Crippen LogP contribution in [-0.4, -0.2) is 109 Å². The molecule has 1 aliphatic heterocycles.